The number of carbonyl (C=O) groups is 2. The van der Waals surface area contributed by atoms with Crippen LogP contribution < -0.4 is 21.1 Å². The van der Waals surface area contributed by atoms with Crippen molar-refractivity contribution >= 4 is 23.3 Å². The smallest absolute Gasteiger partial charge is 0.406 e. The molecule has 0 aliphatic rings. The number of amides is 3. The van der Waals surface area contributed by atoms with Crippen molar-refractivity contribution in [2.24, 2.45) is 5.73 Å². The van der Waals surface area contributed by atoms with Crippen LogP contribution in [0.1, 0.15) is 10.4 Å². The monoisotopic (exact) mass is 404 g/mol. The summed E-state index contributed by atoms with van der Waals surface area (Å²) in [6, 6.07) is 12.5. The molecule has 3 rings (SSSR count). The predicted octanol–water partition coefficient (Wildman–Crippen LogP) is 4.12. The van der Waals surface area contributed by atoms with E-state index in [9.17, 15) is 22.8 Å². The molecule has 7 nitrogen and oxygen atoms in total. The van der Waals surface area contributed by atoms with E-state index in [1.165, 1.54) is 12.1 Å². The van der Waals surface area contributed by atoms with Crippen LogP contribution >= 0.6 is 0 Å². The van der Waals surface area contributed by atoms with Gasteiger partial charge in [-0.15, -0.1) is 13.2 Å². The number of primary amides is 1. The molecule has 0 aliphatic carbocycles. The van der Waals surface area contributed by atoms with Gasteiger partial charge in [0.05, 0.1) is 5.56 Å². The number of hydrogen-bond acceptors (Lipinski definition) is 3. The number of hydrogen-bond donors (Lipinski definition) is 3. The molecule has 3 amide bonds. The molecule has 1 heterocycles. The summed E-state index contributed by atoms with van der Waals surface area (Å²) < 4.78 is 41.9. The Kier molecular flexibility index (Phi) is 5.44. The Morgan fingerprint density at radius 3 is 1.93 bits per heavy atom. The van der Waals surface area contributed by atoms with Gasteiger partial charge in [-0.3, -0.25) is 4.79 Å². The number of carbonyl (C=O) groups excluding carboxylic acids is 2. The fourth-order valence-electron chi connectivity index (χ4n) is 2.45. The first kappa shape index (κ1) is 19.8. The Bertz CT molecular complexity index is 1010. The minimum absolute atomic E-state index is 0.292. The molecule has 0 bridgehead atoms. The highest BCUT2D eigenvalue weighted by Gasteiger charge is 2.30. The molecule has 4 N–H and O–H groups in total. The zero-order valence-corrected chi connectivity index (χ0v) is 14.7. The number of ether oxygens (including phenoxy) is 1. The zero-order chi connectivity index (χ0) is 21.0. The average Bonchev–Trinajstić information content (AvgIpc) is 3.13. The standard InChI is InChI=1S/C19H15F3N4O3/c20-19(21,22)29-16-7-3-14(4-8-16)25-18(28)24-13-1-5-15(6-2-13)26-10-9-12(11-26)17(23)27/h1-11H,(H2,23,27)(H2,24,25,28). The molecule has 0 aliphatic heterocycles. The molecule has 0 atom stereocenters. The maximum absolute atomic E-state index is 12.1. The Morgan fingerprint density at radius 2 is 1.45 bits per heavy atom. The normalized spacial score (nSPS) is 11.0. The van der Waals surface area contributed by atoms with E-state index in [0.29, 0.717) is 16.9 Å². The SMILES string of the molecule is NC(=O)c1ccn(-c2ccc(NC(=O)Nc3ccc(OC(F)(F)F)cc3)cc2)c1. The molecule has 0 fully saturated rings. The van der Waals surface area contributed by atoms with Crippen LogP contribution in [0.3, 0.4) is 0 Å². The summed E-state index contributed by atoms with van der Waals surface area (Å²) in [6.07, 6.45) is -1.51. The van der Waals surface area contributed by atoms with Crippen LogP contribution in [0.5, 0.6) is 5.75 Å². The van der Waals surface area contributed by atoms with E-state index >= 15 is 0 Å². The fraction of sp³-hybridized carbons (Fsp3) is 0.0526. The van der Waals surface area contributed by atoms with Gasteiger partial charge < -0.3 is 25.7 Å². The van der Waals surface area contributed by atoms with Crippen LogP contribution in [0.4, 0.5) is 29.3 Å². The summed E-state index contributed by atoms with van der Waals surface area (Å²) in [6.45, 7) is 0. The van der Waals surface area contributed by atoms with E-state index in [4.69, 9.17) is 5.73 Å². The first-order chi connectivity index (χ1) is 13.7. The van der Waals surface area contributed by atoms with Gasteiger partial charge in [-0.2, -0.15) is 0 Å². The molecule has 2 aromatic carbocycles. The van der Waals surface area contributed by atoms with E-state index < -0.39 is 18.3 Å². The third kappa shape index (κ3) is 5.51. The lowest BCUT2D eigenvalue weighted by molar-refractivity contribution is -0.274. The van der Waals surface area contributed by atoms with Gasteiger partial charge in [-0.1, -0.05) is 0 Å². The molecular formula is C19H15F3N4O3. The summed E-state index contributed by atoms with van der Waals surface area (Å²) in [4.78, 5) is 23.2. The van der Waals surface area contributed by atoms with E-state index in [-0.39, 0.29) is 5.75 Å². The van der Waals surface area contributed by atoms with Crippen molar-refractivity contribution in [1.82, 2.24) is 4.57 Å². The number of rotatable bonds is 5. The Hall–Kier alpha value is -3.95. The summed E-state index contributed by atoms with van der Waals surface area (Å²) in [5.74, 6) is -0.916. The van der Waals surface area contributed by atoms with Crippen LogP contribution in [-0.2, 0) is 0 Å². The van der Waals surface area contributed by atoms with E-state index in [1.54, 1.807) is 47.3 Å². The minimum atomic E-state index is -4.78. The second-order valence-corrected chi connectivity index (χ2v) is 5.87. The molecule has 3 aromatic rings. The first-order valence-corrected chi connectivity index (χ1v) is 8.22. The van der Waals surface area contributed by atoms with Gasteiger partial charge in [-0.05, 0) is 54.6 Å². The zero-order valence-electron chi connectivity index (χ0n) is 14.7. The van der Waals surface area contributed by atoms with Crippen molar-refractivity contribution in [1.29, 1.82) is 0 Å². The number of nitrogens with two attached hydrogens (primary N) is 1. The number of urea groups is 1. The van der Waals surface area contributed by atoms with Crippen molar-refractivity contribution in [2.75, 3.05) is 10.6 Å². The molecule has 0 unspecified atom stereocenters. The third-order valence-corrected chi connectivity index (χ3v) is 3.75. The average molecular weight is 404 g/mol. The molecule has 150 valence electrons. The molecule has 1 aromatic heterocycles. The topological polar surface area (TPSA) is 98.4 Å². The fourth-order valence-corrected chi connectivity index (χ4v) is 2.45. The van der Waals surface area contributed by atoms with Crippen LogP contribution in [0.15, 0.2) is 67.0 Å². The van der Waals surface area contributed by atoms with Crippen molar-refractivity contribution in [3.8, 4) is 11.4 Å². The number of nitrogens with zero attached hydrogens (tertiary/aromatic N) is 1. The van der Waals surface area contributed by atoms with Crippen molar-refractivity contribution in [3.05, 3.63) is 72.6 Å². The largest absolute Gasteiger partial charge is 0.573 e. The summed E-state index contributed by atoms with van der Waals surface area (Å²) in [5, 5.41) is 5.10. The lowest BCUT2D eigenvalue weighted by Crippen LogP contribution is -2.19. The van der Waals surface area contributed by atoms with Crippen LogP contribution in [0, 0.1) is 0 Å². The second kappa shape index (κ2) is 7.97. The number of aromatic nitrogens is 1. The maximum atomic E-state index is 12.1. The Labute approximate surface area is 162 Å². The number of anilines is 2. The van der Waals surface area contributed by atoms with Crippen LogP contribution in [-0.4, -0.2) is 22.9 Å². The maximum Gasteiger partial charge on any atom is 0.573 e. The summed E-state index contributed by atoms with van der Waals surface area (Å²) in [5.41, 5.74) is 7.13. The number of nitrogens with one attached hydrogen (secondary N) is 2. The van der Waals surface area contributed by atoms with Gasteiger partial charge in [0.2, 0.25) is 5.91 Å². The lowest BCUT2D eigenvalue weighted by atomic mass is 10.2. The Balaban J connectivity index is 1.58. The predicted molar refractivity (Wildman–Crippen MR) is 100 cm³/mol. The summed E-state index contributed by atoms with van der Waals surface area (Å²) >= 11 is 0. The van der Waals surface area contributed by atoms with Gasteiger partial charge in [0.1, 0.15) is 5.75 Å². The highest BCUT2D eigenvalue weighted by molar-refractivity contribution is 5.99. The highest BCUT2D eigenvalue weighted by Crippen LogP contribution is 2.24. The molecule has 0 spiro atoms. The molecule has 0 radical (unpaired) electrons. The molecule has 0 saturated heterocycles. The van der Waals surface area contributed by atoms with Crippen molar-refractivity contribution in [3.63, 3.8) is 0 Å². The van der Waals surface area contributed by atoms with Gasteiger partial charge in [0.25, 0.3) is 0 Å². The molecule has 0 saturated carbocycles. The molecule has 10 heteroatoms. The quantitative estimate of drug-likeness (QED) is 0.597. The van der Waals surface area contributed by atoms with Gasteiger partial charge in [0.15, 0.2) is 0 Å². The van der Waals surface area contributed by atoms with Gasteiger partial charge >= 0.3 is 12.4 Å². The lowest BCUT2D eigenvalue weighted by Gasteiger charge is -2.11. The third-order valence-electron chi connectivity index (χ3n) is 3.75. The second-order valence-electron chi connectivity index (χ2n) is 5.87. The number of alkyl halides is 3. The van der Waals surface area contributed by atoms with E-state index in [2.05, 4.69) is 15.4 Å². The van der Waals surface area contributed by atoms with Gasteiger partial charge in [0, 0.05) is 29.5 Å². The van der Waals surface area contributed by atoms with E-state index in [1.807, 2.05) is 0 Å². The van der Waals surface area contributed by atoms with Crippen LogP contribution in [0.25, 0.3) is 5.69 Å². The van der Waals surface area contributed by atoms with E-state index in [0.717, 1.165) is 17.8 Å². The number of halogens is 3. The molecular weight excluding hydrogens is 389 g/mol. The Morgan fingerprint density at radius 1 is 0.897 bits per heavy atom. The first-order valence-electron chi connectivity index (χ1n) is 8.22. The van der Waals surface area contributed by atoms with Crippen molar-refractivity contribution in [2.45, 2.75) is 6.36 Å². The van der Waals surface area contributed by atoms with Crippen molar-refractivity contribution < 1.29 is 27.5 Å². The number of benzene rings is 2. The minimum Gasteiger partial charge on any atom is -0.406 e. The highest BCUT2D eigenvalue weighted by atomic mass is 19.4. The summed E-state index contributed by atoms with van der Waals surface area (Å²) in [7, 11) is 0. The van der Waals surface area contributed by atoms with Gasteiger partial charge in [-0.25, -0.2) is 4.79 Å². The van der Waals surface area contributed by atoms with Crippen LogP contribution in [0.2, 0.25) is 0 Å². The molecule has 29 heavy (non-hydrogen) atoms.